The van der Waals surface area contributed by atoms with Crippen LogP contribution in [0.25, 0.3) is 66.4 Å². The molecule has 36 heavy (non-hydrogen) atoms. The first-order valence-corrected chi connectivity index (χ1v) is 11.9. The summed E-state index contributed by atoms with van der Waals surface area (Å²) in [5.74, 6) is 0.580. The largest absolute Gasteiger partial charge is 0.245 e. The zero-order valence-corrected chi connectivity index (χ0v) is 19.3. The highest BCUT2D eigenvalue weighted by molar-refractivity contribution is 6.08. The highest BCUT2D eigenvalue weighted by atomic mass is 14.9. The fourth-order valence-corrected chi connectivity index (χ4v) is 4.79. The maximum Gasteiger partial charge on any atom is 0.179 e. The SMILES string of the molecule is c1ccc2cc(-c3cc(-c4ccc5ccc6ccccc6c5c4)nc(-c4ccncn4)n3)ccc2c1. The monoisotopic (exact) mass is 460 g/mol. The standard InChI is InChI=1S/C32H20N4/c1-2-7-24-17-25(13-9-21(24)5-1)30-19-31(36-32(35-30)29-15-16-33-20-34-29)26-14-12-23-11-10-22-6-3-4-8-27(22)28(23)18-26/h1-20H. The number of benzene rings is 5. The van der Waals surface area contributed by atoms with E-state index >= 15 is 0 Å². The number of hydrogen-bond donors (Lipinski definition) is 0. The number of hydrogen-bond acceptors (Lipinski definition) is 4. The van der Waals surface area contributed by atoms with Crippen molar-refractivity contribution in [3.63, 3.8) is 0 Å². The van der Waals surface area contributed by atoms with Gasteiger partial charge in [-0.05, 0) is 56.6 Å². The maximum absolute atomic E-state index is 4.95. The highest BCUT2D eigenvalue weighted by Gasteiger charge is 2.13. The van der Waals surface area contributed by atoms with Crippen LogP contribution in [0.5, 0.6) is 0 Å². The van der Waals surface area contributed by atoms with Gasteiger partial charge in [0.1, 0.15) is 12.0 Å². The van der Waals surface area contributed by atoms with Crippen LogP contribution in [0.2, 0.25) is 0 Å². The molecule has 0 aliphatic heterocycles. The third-order valence-electron chi connectivity index (χ3n) is 6.62. The molecule has 4 heteroatoms. The van der Waals surface area contributed by atoms with Gasteiger partial charge in [0.25, 0.3) is 0 Å². The Hall–Kier alpha value is -4.96. The van der Waals surface area contributed by atoms with E-state index in [1.807, 2.05) is 6.07 Å². The summed E-state index contributed by atoms with van der Waals surface area (Å²) < 4.78 is 0. The van der Waals surface area contributed by atoms with Crippen molar-refractivity contribution in [2.45, 2.75) is 0 Å². The van der Waals surface area contributed by atoms with Crippen LogP contribution in [-0.2, 0) is 0 Å². The molecule has 0 saturated carbocycles. The van der Waals surface area contributed by atoms with Crippen molar-refractivity contribution >= 4 is 32.3 Å². The molecule has 7 rings (SSSR count). The van der Waals surface area contributed by atoms with Gasteiger partial charge in [-0.25, -0.2) is 19.9 Å². The number of nitrogens with zero attached hydrogens (tertiary/aromatic N) is 4. The van der Waals surface area contributed by atoms with Gasteiger partial charge in [-0.1, -0.05) is 84.9 Å². The molecule has 4 nitrogen and oxygen atoms in total. The average Bonchev–Trinajstić information content (AvgIpc) is 2.97. The average molecular weight is 461 g/mol. The van der Waals surface area contributed by atoms with Crippen LogP contribution in [0.4, 0.5) is 0 Å². The van der Waals surface area contributed by atoms with Crippen molar-refractivity contribution in [3.8, 4) is 34.0 Å². The van der Waals surface area contributed by atoms with Crippen molar-refractivity contribution in [1.82, 2.24) is 19.9 Å². The fraction of sp³-hybridized carbons (Fsp3) is 0. The van der Waals surface area contributed by atoms with E-state index in [9.17, 15) is 0 Å². The zero-order valence-electron chi connectivity index (χ0n) is 19.3. The topological polar surface area (TPSA) is 51.6 Å². The van der Waals surface area contributed by atoms with Crippen molar-refractivity contribution in [2.75, 3.05) is 0 Å². The van der Waals surface area contributed by atoms with Crippen molar-refractivity contribution in [2.24, 2.45) is 0 Å². The molecule has 0 aliphatic rings. The first-order chi connectivity index (χ1) is 17.8. The third-order valence-corrected chi connectivity index (χ3v) is 6.62. The zero-order chi connectivity index (χ0) is 23.9. The second kappa shape index (κ2) is 8.36. The molecule has 0 spiro atoms. The Morgan fingerprint density at radius 3 is 1.86 bits per heavy atom. The van der Waals surface area contributed by atoms with Gasteiger partial charge in [0.15, 0.2) is 5.82 Å². The third kappa shape index (κ3) is 3.56. The van der Waals surface area contributed by atoms with E-state index in [4.69, 9.17) is 9.97 Å². The molecule has 0 fully saturated rings. The van der Waals surface area contributed by atoms with E-state index < -0.39 is 0 Å². The van der Waals surface area contributed by atoms with E-state index in [1.54, 1.807) is 6.20 Å². The first-order valence-electron chi connectivity index (χ1n) is 11.9. The minimum absolute atomic E-state index is 0.580. The molecule has 0 atom stereocenters. The molecule has 2 aromatic heterocycles. The van der Waals surface area contributed by atoms with Crippen LogP contribution in [-0.4, -0.2) is 19.9 Å². The second-order valence-electron chi connectivity index (χ2n) is 8.84. The van der Waals surface area contributed by atoms with E-state index in [2.05, 4.69) is 113 Å². The molecule has 7 aromatic rings. The first kappa shape index (κ1) is 20.4. The highest BCUT2D eigenvalue weighted by Crippen LogP contribution is 2.32. The summed E-state index contributed by atoms with van der Waals surface area (Å²) in [7, 11) is 0. The summed E-state index contributed by atoms with van der Waals surface area (Å²) in [5.41, 5.74) is 4.49. The van der Waals surface area contributed by atoms with E-state index in [0.717, 1.165) is 22.5 Å². The molecule has 0 aliphatic carbocycles. The van der Waals surface area contributed by atoms with Gasteiger partial charge < -0.3 is 0 Å². The van der Waals surface area contributed by atoms with Gasteiger partial charge >= 0.3 is 0 Å². The molecular weight excluding hydrogens is 440 g/mol. The summed E-state index contributed by atoms with van der Waals surface area (Å²) in [6.07, 6.45) is 3.25. The molecule has 168 valence electrons. The molecule has 0 saturated heterocycles. The quantitative estimate of drug-likeness (QED) is 0.253. The fourth-order valence-electron chi connectivity index (χ4n) is 4.79. The van der Waals surface area contributed by atoms with Gasteiger partial charge in [0, 0.05) is 17.3 Å². The molecular formula is C32H20N4. The minimum Gasteiger partial charge on any atom is -0.245 e. The molecule has 5 aromatic carbocycles. The minimum atomic E-state index is 0.580. The van der Waals surface area contributed by atoms with Crippen molar-refractivity contribution in [3.05, 3.63) is 122 Å². The lowest BCUT2D eigenvalue weighted by atomic mass is 9.98. The van der Waals surface area contributed by atoms with Crippen LogP contribution in [0.3, 0.4) is 0 Å². The number of rotatable bonds is 3. The van der Waals surface area contributed by atoms with E-state index in [0.29, 0.717) is 11.5 Å². The van der Waals surface area contributed by atoms with Crippen LogP contribution in [0, 0.1) is 0 Å². The van der Waals surface area contributed by atoms with E-state index in [1.165, 1.54) is 38.6 Å². The van der Waals surface area contributed by atoms with Crippen LogP contribution in [0.15, 0.2) is 122 Å². The smallest absolute Gasteiger partial charge is 0.179 e. The Morgan fingerprint density at radius 2 is 1.08 bits per heavy atom. The van der Waals surface area contributed by atoms with Gasteiger partial charge in [-0.3, -0.25) is 0 Å². The van der Waals surface area contributed by atoms with Crippen LogP contribution < -0.4 is 0 Å². The Balaban J connectivity index is 1.46. The van der Waals surface area contributed by atoms with Crippen molar-refractivity contribution in [1.29, 1.82) is 0 Å². The Labute approximate surface area is 208 Å². The summed E-state index contributed by atoms with van der Waals surface area (Å²) in [6.45, 7) is 0. The summed E-state index contributed by atoms with van der Waals surface area (Å²) in [4.78, 5) is 18.4. The lowest BCUT2D eigenvalue weighted by molar-refractivity contribution is 1.11. The van der Waals surface area contributed by atoms with Crippen molar-refractivity contribution < 1.29 is 0 Å². The lowest BCUT2D eigenvalue weighted by Gasteiger charge is -2.11. The Kier molecular flexibility index (Phi) is 4.74. The van der Waals surface area contributed by atoms with Gasteiger partial charge in [0.2, 0.25) is 0 Å². The molecule has 2 heterocycles. The number of fused-ring (bicyclic) bond motifs is 4. The Bertz CT molecular complexity index is 1890. The Morgan fingerprint density at radius 1 is 0.444 bits per heavy atom. The van der Waals surface area contributed by atoms with Crippen LogP contribution in [0.1, 0.15) is 0 Å². The van der Waals surface area contributed by atoms with Gasteiger partial charge in [-0.2, -0.15) is 0 Å². The summed E-state index contributed by atoms with van der Waals surface area (Å²) in [6, 6.07) is 38.1. The van der Waals surface area contributed by atoms with Gasteiger partial charge in [-0.15, -0.1) is 0 Å². The van der Waals surface area contributed by atoms with E-state index in [-0.39, 0.29) is 0 Å². The maximum atomic E-state index is 4.95. The van der Waals surface area contributed by atoms with Gasteiger partial charge in [0.05, 0.1) is 11.4 Å². The van der Waals surface area contributed by atoms with Crippen LogP contribution >= 0.6 is 0 Å². The lowest BCUT2D eigenvalue weighted by Crippen LogP contribution is -1.97. The molecule has 0 unspecified atom stereocenters. The molecule has 0 radical (unpaired) electrons. The molecule has 0 amide bonds. The summed E-state index contributed by atoms with van der Waals surface area (Å²) >= 11 is 0. The molecule has 0 bridgehead atoms. The predicted molar refractivity (Wildman–Crippen MR) is 146 cm³/mol. The predicted octanol–water partition coefficient (Wildman–Crippen LogP) is 7.73. The second-order valence-corrected chi connectivity index (χ2v) is 8.84. The molecule has 0 N–H and O–H groups in total. The normalized spacial score (nSPS) is 11.3. The summed E-state index contributed by atoms with van der Waals surface area (Å²) in [5, 5.41) is 7.25. The number of aromatic nitrogens is 4.